The van der Waals surface area contributed by atoms with E-state index >= 15 is 0 Å². The maximum absolute atomic E-state index is 12.1. The van der Waals surface area contributed by atoms with Crippen LogP contribution in [0.15, 0.2) is 0 Å². The molecule has 4 heteroatoms. The van der Waals surface area contributed by atoms with Gasteiger partial charge in [-0.2, -0.15) is 0 Å². The summed E-state index contributed by atoms with van der Waals surface area (Å²) in [5, 5.41) is 0. The van der Waals surface area contributed by atoms with Gasteiger partial charge in [0.2, 0.25) is 5.91 Å². The van der Waals surface area contributed by atoms with E-state index in [-0.39, 0.29) is 5.91 Å². The summed E-state index contributed by atoms with van der Waals surface area (Å²) in [4.78, 5) is 16.5. The molecule has 1 aliphatic rings. The van der Waals surface area contributed by atoms with Gasteiger partial charge in [-0.15, -0.1) is 0 Å². The Kier molecular flexibility index (Phi) is 5.92. The summed E-state index contributed by atoms with van der Waals surface area (Å²) in [7, 11) is 2.14. The van der Waals surface area contributed by atoms with Crippen molar-refractivity contribution in [3.05, 3.63) is 0 Å². The van der Waals surface area contributed by atoms with Crippen LogP contribution in [0.3, 0.4) is 0 Å². The van der Waals surface area contributed by atoms with Gasteiger partial charge < -0.3 is 10.6 Å². The molecular weight excluding hydrogens is 214 g/mol. The van der Waals surface area contributed by atoms with E-state index in [1.54, 1.807) is 0 Å². The van der Waals surface area contributed by atoms with E-state index in [9.17, 15) is 4.79 Å². The molecule has 17 heavy (non-hydrogen) atoms. The summed E-state index contributed by atoms with van der Waals surface area (Å²) < 4.78 is 0. The topological polar surface area (TPSA) is 49.6 Å². The predicted octanol–water partition coefficient (Wildman–Crippen LogP) is 0.914. The van der Waals surface area contributed by atoms with Crippen LogP contribution in [-0.2, 0) is 4.79 Å². The van der Waals surface area contributed by atoms with Gasteiger partial charge in [-0.05, 0) is 25.9 Å². The normalized spacial score (nSPS) is 23.8. The van der Waals surface area contributed by atoms with E-state index in [1.807, 2.05) is 4.90 Å². The highest BCUT2D eigenvalue weighted by molar-refractivity contribution is 5.76. The lowest BCUT2D eigenvalue weighted by Crippen LogP contribution is -2.53. The van der Waals surface area contributed by atoms with Gasteiger partial charge in [0.15, 0.2) is 0 Å². The molecule has 1 fully saturated rings. The van der Waals surface area contributed by atoms with Crippen molar-refractivity contribution in [3.63, 3.8) is 0 Å². The summed E-state index contributed by atoms with van der Waals surface area (Å²) in [5.41, 5.74) is 5.66. The second-order valence-corrected chi connectivity index (χ2v) is 5.10. The van der Waals surface area contributed by atoms with E-state index in [0.717, 1.165) is 32.5 Å². The van der Waals surface area contributed by atoms with Crippen LogP contribution in [0.4, 0.5) is 0 Å². The van der Waals surface area contributed by atoms with Crippen molar-refractivity contribution < 1.29 is 4.79 Å². The molecule has 4 nitrogen and oxygen atoms in total. The van der Waals surface area contributed by atoms with Crippen LogP contribution in [0.25, 0.3) is 0 Å². The van der Waals surface area contributed by atoms with E-state index in [2.05, 4.69) is 25.8 Å². The molecule has 0 aliphatic carbocycles. The van der Waals surface area contributed by atoms with Gasteiger partial charge >= 0.3 is 0 Å². The third-order valence-electron chi connectivity index (χ3n) is 3.98. The molecule has 2 N–H and O–H groups in total. The van der Waals surface area contributed by atoms with Crippen LogP contribution < -0.4 is 5.73 Å². The number of rotatable bonds is 5. The van der Waals surface area contributed by atoms with Crippen molar-refractivity contribution in [2.24, 2.45) is 11.7 Å². The molecule has 0 bridgehead atoms. The third-order valence-corrected chi connectivity index (χ3v) is 3.98. The molecule has 1 rings (SSSR count). The van der Waals surface area contributed by atoms with Crippen LogP contribution in [0.1, 0.15) is 33.1 Å². The van der Waals surface area contributed by atoms with Crippen LogP contribution >= 0.6 is 0 Å². The van der Waals surface area contributed by atoms with E-state index in [4.69, 9.17) is 5.73 Å². The van der Waals surface area contributed by atoms with Crippen molar-refractivity contribution in [3.8, 4) is 0 Å². The Hall–Kier alpha value is -0.610. The molecule has 0 aromatic carbocycles. The molecule has 0 radical (unpaired) electrons. The molecule has 0 saturated carbocycles. The molecule has 1 amide bonds. The average Bonchev–Trinajstić information content (AvgIpc) is 2.36. The Balaban J connectivity index is 2.47. The maximum atomic E-state index is 12.1. The lowest BCUT2D eigenvalue weighted by molar-refractivity contribution is -0.135. The van der Waals surface area contributed by atoms with E-state index in [1.165, 1.54) is 0 Å². The lowest BCUT2D eigenvalue weighted by atomic mass is 10.0. The van der Waals surface area contributed by atoms with Gasteiger partial charge in [-0.3, -0.25) is 9.69 Å². The zero-order chi connectivity index (χ0) is 12.8. The zero-order valence-electron chi connectivity index (χ0n) is 11.5. The monoisotopic (exact) mass is 241 g/mol. The van der Waals surface area contributed by atoms with Crippen LogP contribution in [-0.4, -0.2) is 55.0 Å². The minimum atomic E-state index is 0.286. The van der Waals surface area contributed by atoms with Crippen molar-refractivity contribution in [1.82, 2.24) is 9.80 Å². The predicted molar refractivity (Wildman–Crippen MR) is 70.7 cm³/mol. The molecule has 1 aliphatic heterocycles. The molecule has 1 saturated heterocycles. The number of hydrogen-bond acceptors (Lipinski definition) is 3. The first-order chi connectivity index (χ1) is 8.12. The van der Waals surface area contributed by atoms with Crippen molar-refractivity contribution in [2.45, 2.75) is 39.2 Å². The van der Waals surface area contributed by atoms with Crippen molar-refractivity contribution >= 4 is 5.91 Å². The molecule has 0 aromatic heterocycles. The summed E-state index contributed by atoms with van der Waals surface area (Å²) in [6.45, 7) is 7.64. The Morgan fingerprint density at radius 2 is 2.12 bits per heavy atom. The van der Waals surface area contributed by atoms with Crippen molar-refractivity contribution in [1.29, 1.82) is 0 Å². The van der Waals surface area contributed by atoms with Gasteiger partial charge in [-0.1, -0.05) is 20.3 Å². The lowest BCUT2D eigenvalue weighted by Gasteiger charge is -2.39. The average molecular weight is 241 g/mol. The number of carbonyl (C=O) groups excluding carboxylic acids is 1. The summed E-state index contributed by atoms with van der Waals surface area (Å²) in [6.07, 6.45) is 2.72. The third kappa shape index (κ3) is 3.96. The first kappa shape index (κ1) is 14.5. The number of nitrogens with two attached hydrogens (primary N) is 1. The van der Waals surface area contributed by atoms with Gasteiger partial charge in [-0.25, -0.2) is 0 Å². The first-order valence-corrected chi connectivity index (χ1v) is 6.80. The molecule has 0 aromatic rings. The molecule has 1 heterocycles. The highest BCUT2D eigenvalue weighted by Crippen LogP contribution is 2.14. The molecule has 2 atom stereocenters. The number of amides is 1. The molecular formula is C13H27N3O. The zero-order valence-corrected chi connectivity index (χ0v) is 11.5. The van der Waals surface area contributed by atoms with Crippen LogP contribution in [0, 0.1) is 5.92 Å². The standard InChI is InChI=1S/C13H27N3O/c1-4-11(9-14)8-13(17)16-7-6-15(3)12(5-2)10-16/h11-12H,4-10,14H2,1-3H3. The Labute approximate surface area is 105 Å². The second kappa shape index (κ2) is 6.97. The molecule has 100 valence electrons. The SMILES string of the molecule is CCC(CN)CC(=O)N1CCN(C)C(CC)C1. The highest BCUT2D eigenvalue weighted by Gasteiger charge is 2.26. The Morgan fingerprint density at radius 3 is 2.65 bits per heavy atom. The fraction of sp³-hybridized carbons (Fsp3) is 0.923. The van der Waals surface area contributed by atoms with Gasteiger partial charge in [0.05, 0.1) is 0 Å². The largest absolute Gasteiger partial charge is 0.340 e. The smallest absolute Gasteiger partial charge is 0.222 e. The second-order valence-electron chi connectivity index (χ2n) is 5.10. The van der Waals surface area contributed by atoms with Gasteiger partial charge in [0.25, 0.3) is 0 Å². The molecule has 2 unspecified atom stereocenters. The Morgan fingerprint density at radius 1 is 1.41 bits per heavy atom. The maximum Gasteiger partial charge on any atom is 0.222 e. The number of piperazine rings is 1. The number of hydrogen-bond donors (Lipinski definition) is 1. The minimum absolute atomic E-state index is 0.286. The summed E-state index contributed by atoms with van der Waals surface area (Å²) in [5.74, 6) is 0.635. The molecule has 0 spiro atoms. The summed E-state index contributed by atoms with van der Waals surface area (Å²) >= 11 is 0. The first-order valence-electron chi connectivity index (χ1n) is 6.80. The highest BCUT2D eigenvalue weighted by atomic mass is 16.2. The van der Waals surface area contributed by atoms with E-state index < -0.39 is 0 Å². The van der Waals surface area contributed by atoms with E-state index in [0.29, 0.717) is 24.9 Å². The quantitative estimate of drug-likeness (QED) is 0.778. The van der Waals surface area contributed by atoms with Crippen molar-refractivity contribution in [2.75, 3.05) is 33.2 Å². The van der Waals surface area contributed by atoms with Crippen LogP contribution in [0.5, 0.6) is 0 Å². The Bertz CT molecular complexity index is 241. The summed E-state index contributed by atoms with van der Waals surface area (Å²) in [6, 6.07) is 0.519. The van der Waals surface area contributed by atoms with Gasteiger partial charge in [0.1, 0.15) is 0 Å². The fourth-order valence-corrected chi connectivity index (χ4v) is 2.38. The number of nitrogens with zero attached hydrogens (tertiary/aromatic N) is 2. The fourth-order valence-electron chi connectivity index (χ4n) is 2.38. The van der Waals surface area contributed by atoms with Crippen LogP contribution in [0.2, 0.25) is 0 Å². The number of likely N-dealkylation sites (N-methyl/N-ethyl adjacent to an activating group) is 1. The van der Waals surface area contributed by atoms with Gasteiger partial charge in [0, 0.05) is 32.1 Å². The number of carbonyl (C=O) groups is 1. The minimum Gasteiger partial charge on any atom is -0.340 e.